The third-order valence-electron chi connectivity index (χ3n) is 3.88. The van der Waals surface area contributed by atoms with Crippen LogP contribution in [-0.4, -0.2) is 23.7 Å². The molecule has 3 N–H and O–H groups in total. The van der Waals surface area contributed by atoms with Gasteiger partial charge < -0.3 is 15.7 Å². The molecule has 0 fully saturated rings. The lowest BCUT2D eigenvalue weighted by Crippen LogP contribution is -2.37. The first-order valence-corrected chi connectivity index (χ1v) is 7.71. The number of aromatic carboxylic acids is 1. The molecule has 0 amide bonds. The number of carboxylic acids is 1. The molecular formula is C17H28N2O2. The molecule has 0 aliphatic heterocycles. The fourth-order valence-corrected chi connectivity index (χ4v) is 2.71. The molecule has 0 saturated carbocycles. The van der Waals surface area contributed by atoms with Gasteiger partial charge in [-0.15, -0.1) is 0 Å². The molecule has 1 aromatic carbocycles. The number of rotatable bonds is 7. The summed E-state index contributed by atoms with van der Waals surface area (Å²) < 4.78 is 0. The van der Waals surface area contributed by atoms with Crippen molar-refractivity contribution in [1.82, 2.24) is 0 Å². The molecule has 118 valence electrons. The number of nitrogen functional groups attached to an aromatic ring is 1. The number of carboxylic acid groups (broad SMARTS) is 1. The number of hydrogen-bond acceptors (Lipinski definition) is 3. The van der Waals surface area contributed by atoms with Crippen LogP contribution in [0.4, 0.5) is 11.4 Å². The zero-order valence-electron chi connectivity index (χ0n) is 13.8. The van der Waals surface area contributed by atoms with Gasteiger partial charge in [0, 0.05) is 24.0 Å². The zero-order chi connectivity index (χ0) is 16.2. The first-order valence-electron chi connectivity index (χ1n) is 7.71. The summed E-state index contributed by atoms with van der Waals surface area (Å²) in [6.07, 6.45) is 2.07. The van der Waals surface area contributed by atoms with Gasteiger partial charge in [0.25, 0.3) is 0 Å². The van der Waals surface area contributed by atoms with Gasteiger partial charge in [-0.2, -0.15) is 0 Å². The van der Waals surface area contributed by atoms with Gasteiger partial charge in [-0.25, -0.2) is 4.79 Å². The molecule has 0 heterocycles. The smallest absolute Gasteiger partial charge is 0.337 e. The maximum atomic E-state index is 11.4. The fraction of sp³-hybridized carbons (Fsp3) is 0.588. The van der Waals surface area contributed by atoms with Crippen LogP contribution in [0.1, 0.15) is 56.5 Å². The van der Waals surface area contributed by atoms with Crippen molar-refractivity contribution in [3.8, 4) is 0 Å². The number of aryl methyl sites for hydroxylation is 1. The Balaban J connectivity index is 3.33. The summed E-state index contributed by atoms with van der Waals surface area (Å²) in [5, 5.41) is 9.33. The Morgan fingerprint density at radius 2 is 1.86 bits per heavy atom. The first kappa shape index (κ1) is 17.3. The van der Waals surface area contributed by atoms with Crippen molar-refractivity contribution < 1.29 is 9.90 Å². The summed E-state index contributed by atoms with van der Waals surface area (Å²) in [7, 11) is 0. The van der Waals surface area contributed by atoms with Crippen LogP contribution in [-0.2, 0) is 0 Å². The van der Waals surface area contributed by atoms with Gasteiger partial charge >= 0.3 is 5.97 Å². The van der Waals surface area contributed by atoms with Crippen molar-refractivity contribution in [3.63, 3.8) is 0 Å². The van der Waals surface area contributed by atoms with Gasteiger partial charge in [-0.05, 0) is 43.4 Å². The number of anilines is 2. The Bertz CT molecular complexity index is 494. The highest BCUT2D eigenvalue weighted by Gasteiger charge is 2.20. The maximum absolute atomic E-state index is 11.4. The third-order valence-corrected chi connectivity index (χ3v) is 3.88. The normalized spacial score (nSPS) is 11.2. The minimum Gasteiger partial charge on any atom is -0.478 e. The second-order valence-corrected chi connectivity index (χ2v) is 6.05. The molecule has 4 heteroatoms. The van der Waals surface area contributed by atoms with E-state index < -0.39 is 5.97 Å². The van der Waals surface area contributed by atoms with E-state index >= 15 is 0 Å². The number of benzene rings is 1. The van der Waals surface area contributed by atoms with E-state index in [0.717, 1.165) is 30.6 Å². The van der Waals surface area contributed by atoms with E-state index in [0.29, 0.717) is 17.6 Å². The second kappa shape index (κ2) is 7.34. The van der Waals surface area contributed by atoms with Gasteiger partial charge in [0.1, 0.15) is 0 Å². The maximum Gasteiger partial charge on any atom is 0.337 e. The number of hydrogen-bond donors (Lipinski definition) is 2. The molecule has 0 aromatic heterocycles. The summed E-state index contributed by atoms with van der Waals surface area (Å²) in [5.41, 5.74) is 8.24. The van der Waals surface area contributed by atoms with Crippen molar-refractivity contribution >= 4 is 17.3 Å². The average Bonchev–Trinajstić information content (AvgIpc) is 2.41. The Hall–Kier alpha value is -1.71. The van der Waals surface area contributed by atoms with Crippen molar-refractivity contribution in [1.29, 1.82) is 0 Å². The Kier molecular flexibility index (Phi) is 6.06. The Labute approximate surface area is 128 Å². The van der Waals surface area contributed by atoms with Crippen LogP contribution in [0, 0.1) is 12.8 Å². The van der Waals surface area contributed by atoms with Gasteiger partial charge in [0.15, 0.2) is 0 Å². The quantitative estimate of drug-likeness (QED) is 0.747. The summed E-state index contributed by atoms with van der Waals surface area (Å²) in [5.74, 6) is -0.455. The van der Waals surface area contributed by atoms with Crippen LogP contribution in [0.3, 0.4) is 0 Å². The average molecular weight is 292 g/mol. The predicted octanol–water partition coefficient (Wildman–Crippen LogP) is 3.93. The summed E-state index contributed by atoms with van der Waals surface area (Å²) in [6.45, 7) is 11.5. The topological polar surface area (TPSA) is 66.6 Å². The molecule has 0 unspecified atom stereocenters. The van der Waals surface area contributed by atoms with Crippen LogP contribution in [0.25, 0.3) is 0 Å². The molecule has 0 saturated heterocycles. The van der Waals surface area contributed by atoms with E-state index in [9.17, 15) is 9.90 Å². The van der Waals surface area contributed by atoms with E-state index in [1.165, 1.54) is 0 Å². The lowest BCUT2D eigenvalue weighted by Gasteiger charge is -2.34. The molecule has 0 aliphatic carbocycles. The van der Waals surface area contributed by atoms with Crippen molar-refractivity contribution in [2.75, 3.05) is 17.2 Å². The zero-order valence-corrected chi connectivity index (χ0v) is 13.8. The lowest BCUT2D eigenvalue weighted by molar-refractivity contribution is 0.0698. The standard InChI is InChI=1S/C17H28N2O2/c1-6-13(7-2)19(10-11(3)4)14-8-12(5)16(18)15(9-14)17(20)21/h8-9,11,13H,6-7,10,18H2,1-5H3,(H,20,21). The van der Waals surface area contributed by atoms with Gasteiger partial charge in [0.05, 0.1) is 5.56 Å². The van der Waals surface area contributed by atoms with Crippen molar-refractivity contribution in [2.45, 2.75) is 53.5 Å². The van der Waals surface area contributed by atoms with E-state index in [4.69, 9.17) is 5.73 Å². The fourth-order valence-electron chi connectivity index (χ4n) is 2.71. The molecule has 0 spiro atoms. The van der Waals surface area contributed by atoms with Crippen LogP contribution in [0.5, 0.6) is 0 Å². The van der Waals surface area contributed by atoms with E-state index in [-0.39, 0.29) is 5.56 Å². The minimum absolute atomic E-state index is 0.199. The molecule has 0 aliphatic rings. The number of carbonyl (C=O) groups is 1. The predicted molar refractivity (Wildman–Crippen MR) is 89.1 cm³/mol. The highest BCUT2D eigenvalue weighted by Crippen LogP contribution is 2.29. The summed E-state index contributed by atoms with van der Waals surface area (Å²) >= 11 is 0. The highest BCUT2D eigenvalue weighted by molar-refractivity contribution is 5.95. The number of nitrogens with two attached hydrogens (primary N) is 1. The monoisotopic (exact) mass is 292 g/mol. The largest absolute Gasteiger partial charge is 0.478 e. The molecule has 4 nitrogen and oxygen atoms in total. The molecule has 0 radical (unpaired) electrons. The van der Waals surface area contributed by atoms with Crippen molar-refractivity contribution in [2.24, 2.45) is 5.92 Å². The molecule has 1 rings (SSSR count). The van der Waals surface area contributed by atoms with Crippen LogP contribution in [0.15, 0.2) is 12.1 Å². The van der Waals surface area contributed by atoms with E-state index in [2.05, 4.69) is 32.6 Å². The molecule has 0 atom stereocenters. The minimum atomic E-state index is -0.966. The first-order chi connectivity index (χ1) is 9.81. The Morgan fingerprint density at radius 3 is 2.29 bits per heavy atom. The SMILES string of the molecule is CCC(CC)N(CC(C)C)c1cc(C)c(N)c(C(=O)O)c1. The second-order valence-electron chi connectivity index (χ2n) is 6.05. The van der Waals surface area contributed by atoms with Gasteiger partial charge in [-0.1, -0.05) is 27.7 Å². The van der Waals surface area contributed by atoms with Crippen molar-refractivity contribution in [3.05, 3.63) is 23.3 Å². The molecule has 0 bridgehead atoms. The van der Waals surface area contributed by atoms with E-state index in [1.54, 1.807) is 6.07 Å². The molecular weight excluding hydrogens is 264 g/mol. The van der Waals surface area contributed by atoms with Crippen LogP contribution >= 0.6 is 0 Å². The highest BCUT2D eigenvalue weighted by atomic mass is 16.4. The van der Waals surface area contributed by atoms with Crippen LogP contribution < -0.4 is 10.6 Å². The molecule has 1 aromatic rings. The van der Waals surface area contributed by atoms with Gasteiger partial charge in [0.2, 0.25) is 0 Å². The summed E-state index contributed by atoms with van der Waals surface area (Å²) in [4.78, 5) is 13.7. The summed E-state index contributed by atoms with van der Waals surface area (Å²) in [6, 6.07) is 4.13. The lowest BCUT2D eigenvalue weighted by atomic mass is 10.0. The third kappa shape index (κ3) is 4.13. The van der Waals surface area contributed by atoms with E-state index in [1.807, 2.05) is 13.0 Å². The molecule has 21 heavy (non-hydrogen) atoms. The van der Waals surface area contributed by atoms with Gasteiger partial charge in [-0.3, -0.25) is 0 Å². The Morgan fingerprint density at radius 1 is 1.29 bits per heavy atom. The number of nitrogens with zero attached hydrogens (tertiary/aromatic N) is 1. The van der Waals surface area contributed by atoms with Crippen LogP contribution in [0.2, 0.25) is 0 Å².